The first kappa shape index (κ1) is 13.4. The van der Waals surface area contributed by atoms with Crippen LogP contribution in [0.25, 0.3) is 0 Å². The molecule has 1 saturated carbocycles. The minimum Gasteiger partial charge on any atom is -0.307 e. The van der Waals surface area contributed by atoms with Crippen LogP contribution in [0.1, 0.15) is 36.2 Å². The van der Waals surface area contributed by atoms with Gasteiger partial charge >= 0.3 is 0 Å². The summed E-state index contributed by atoms with van der Waals surface area (Å²) in [5, 5.41) is 15.3. The van der Waals surface area contributed by atoms with Crippen molar-refractivity contribution in [3.8, 4) is 6.07 Å². The van der Waals surface area contributed by atoms with Gasteiger partial charge in [0.05, 0.1) is 11.5 Å². The normalized spacial score (nSPS) is 26.5. The molecule has 0 bridgehead atoms. The van der Waals surface area contributed by atoms with Crippen molar-refractivity contribution in [1.82, 2.24) is 5.32 Å². The molecule has 0 spiro atoms. The molecule has 1 N–H and O–H groups in total. The lowest BCUT2D eigenvalue weighted by Crippen LogP contribution is -2.51. The highest BCUT2D eigenvalue weighted by atomic mass is 32.1. The number of benzene rings is 1. The van der Waals surface area contributed by atoms with Crippen molar-refractivity contribution in [2.75, 3.05) is 0 Å². The fourth-order valence-electron chi connectivity index (χ4n) is 3.02. The molecule has 0 amide bonds. The van der Waals surface area contributed by atoms with Gasteiger partial charge in [0.1, 0.15) is 0 Å². The average Bonchev–Trinajstić information content (AvgIpc) is 2.97. The van der Waals surface area contributed by atoms with E-state index < -0.39 is 0 Å². The van der Waals surface area contributed by atoms with Gasteiger partial charge in [0.2, 0.25) is 0 Å². The molecule has 1 atom stereocenters. The largest absolute Gasteiger partial charge is 0.307 e. The van der Waals surface area contributed by atoms with Crippen molar-refractivity contribution in [3.05, 3.63) is 58.3 Å². The Bertz CT molecular complexity index is 592. The van der Waals surface area contributed by atoms with Crippen LogP contribution in [-0.2, 0) is 5.41 Å². The monoisotopic (exact) mass is 282 g/mol. The van der Waals surface area contributed by atoms with Gasteiger partial charge in [-0.1, -0.05) is 36.4 Å². The number of nitrogens with one attached hydrogen (secondary N) is 1. The summed E-state index contributed by atoms with van der Waals surface area (Å²) >= 11 is 1.78. The molecule has 1 heterocycles. The molecule has 1 fully saturated rings. The zero-order chi connectivity index (χ0) is 14.0. The molecular formula is C17H18N2S. The molecule has 2 nitrogen and oxygen atoms in total. The standard InChI is InChI=1S/C17H18N2S/c1-13(16-8-5-9-20-16)19-15-10-17(11-15,12-18)14-6-3-2-4-7-14/h2-9,13,15,19H,10-11H2,1H3. The Hall–Kier alpha value is -1.63. The summed E-state index contributed by atoms with van der Waals surface area (Å²) in [6.07, 6.45) is 1.81. The summed E-state index contributed by atoms with van der Waals surface area (Å²) in [5.41, 5.74) is 0.873. The molecule has 20 heavy (non-hydrogen) atoms. The number of rotatable bonds is 4. The molecule has 0 radical (unpaired) electrons. The predicted octanol–water partition coefficient (Wildman–Crippen LogP) is 4.02. The Morgan fingerprint density at radius 3 is 2.60 bits per heavy atom. The summed E-state index contributed by atoms with van der Waals surface area (Å²) in [4.78, 5) is 1.36. The topological polar surface area (TPSA) is 35.8 Å². The number of hydrogen-bond donors (Lipinski definition) is 1. The minimum atomic E-state index is -0.284. The van der Waals surface area contributed by atoms with Crippen molar-refractivity contribution < 1.29 is 0 Å². The summed E-state index contributed by atoms with van der Waals surface area (Å²) in [6.45, 7) is 2.20. The van der Waals surface area contributed by atoms with Gasteiger partial charge in [-0.15, -0.1) is 11.3 Å². The zero-order valence-electron chi connectivity index (χ0n) is 11.5. The Morgan fingerprint density at radius 1 is 1.25 bits per heavy atom. The van der Waals surface area contributed by atoms with Crippen LogP contribution in [0.5, 0.6) is 0 Å². The summed E-state index contributed by atoms with van der Waals surface area (Å²) in [7, 11) is 0. The van der Waals surface area contributed by atoms with Crippen LogP contribution < -0.4 is 5.32 Å². The van der Waals surface area contributed by atoms with E-state index in [0.717, 1.165) is 18.4 Å². The highest BCUT2D eigenvalue weighted by molar-refractivity contribution is 7.10. The van der Waals surface area contributed by atoms with Crippen LogP contribution >= 0.6 is 11.3 Å². The van der Waals surface area contributed by atoms with Gasteiger partial charge < -0.3 is 5.32 Å². The van der Waals surface area contributed by atoms with Crippen molar-refractivity contribution in [3.63, 3.8) is 0 Å². The molecule has 3 rings (SSSR count). The Kier molecular flexibility index (Phi) is 3.60. The van der Waals surface area contributed by atoms with Crippen LogP contribution in [0.2, 0.25) is 0 Å². The summed E-state index contributed by atoms with van der Waals surface area (Å²) in [6, 6.07) is 17.8. The number of hydrogen-bond acceptors (Lipinski definition) is 3. The van der Waals surface area contributed by atoms with Gasteiger partial charge in [0, 0.05) is 17.0 Å². The molecular weight excluding hydrogens is 264 g/mol. The smallest absolute Gasteiger partial charge is 0.0852 e. The molecule has 1 aromatic heterocycles. The van der Waals surface area contributed by atoms with E-state index in [9.17, 15) is 5.26 Å². The Morgan fingerprint density at radius 2 is 2.00 bits per heavy atom. The van der Waals surface area contributed by atoms with Crippen LogP contribution in [0.15, 0.2) is 47.8 Å². The number of thiophene rings is 1. The maximum atomic E-state index is 9.55. The van der Waals surface area contributed by atoms with Crippen LogP contribution in [0.3, 0.4) is 0 Å². The second-order valence-corrected chi connectivity index (χ2v) is 6.55. The van der Waals surface area contributed by atoms with E-state index in [0.29, 0.717) is 12.1 Å². The first-order valence-electron chi connectivity index (χ1n) is 7.00. The molecule has 0 saturated heterocycles. The van der Waals surface area contributed by atoms with Crippen LogP contribution in [0, 0.1) is 11.3 Å². The van der Waals surface area contributed by atoms with E-state index in [1.165, 1.54) is 4.88 Å². The molecule has 1 aromatic carbocycles. The minimum absolute atomic E-state index is 0.284. The molecule has 1 aliphatic rings. The SMILES string of the molecule is CC(NC1CC(C#N)(c2ccccc2)C1)c1cccs1. The first-order chi connectivity index (χ1) is 9.73. The maximum Gasteiger partial charge on any atom is 0.0852 e. The Balaban J connectivity index is 1.64. The van der Waals surface area contributed by atoms with Gasteiger partial charge in [-0.2, -0.15) is 5.26 Å². The predicted molar refractivity (Wildman–Crippen MR) is 82.6 cm³/mol. The van der Waals surface area contributed by atoms with Crippen LogP contribution in [-0.4, -0.2) is 6.04 Å². The van der Waals surface area contributed by atoms with Crippen molar-refractivity contribution in [1.29, 1.82) is 5.26 Å². The number of nitriles is 1. The van der Waals surface area contributed by atoms with E-state index >= 15 is 0 Å². The molecule has 0 aliphatic heterocycles. The van der Waals surface area contributed by atoms with Gasteiger partial charge in [-0.3, -0.25) is 0 Å². The third-order valence-electron chi connectivity index (χ3n) is 4.19. The van der Waals surface area contributed by atoms with E-state index in [1.807, 2.05) is 18.2 Å². The van der Waals surface area contributed by atoms with E-state index in [-0.39, 0.29) is 5.41 Å². The molecule has 3 heteroatoms. The van der Waals surface area contributed by atoms with E-state index in [2.05, 4.69) is 48.0 Å². The average molecular weight is 282 g/mol. The van der Waals surface area contributed by atoms with Crippen molar-refractivity contribution >= 4 is 11.3 Å². The first-order valence-corrected chi connectivity index (χ1v) is 7.88. The van der Waals surface area contributed by atoms with Gasteiger partial charge in [0.15, 0.2) is 0 Å². The highest BCUT2D eigenvalue weighted by Gasteiger charge is 2.46. The quantitative estimate of drug-likeness (QED) is 0.919. The van der Waals surface area contributed by atoms with Gasteiger partial charge in [0.25, 0.3) is 0 Å². The summed E-state index contributed by atoms with van der Waals surface area (Å²) < 4.78 is 0. The molecule has 1 unspecified atom stereocenters. The van der Waals surface area contributed by atoms with E-state index in [4.69, 9.17) is 0 Å². The fourth-order valence-corrected chi connectivity index (χ4v) is 3.76. The summed E-state index contributed by atoms with van der Waals surface area (Å²) in [5.74, 6) is 0. The van der Waals surface area contributed by atoms with Crippen LogP contribution in [0.4, 0.5) is 0 Å². The zero-order valence-corrected chi connectivity index (χ0v) is 12.4. The third kappa shape index (κ3) is 2.37. The fraction of sp³-hybridized carbons (Fsp3) is 0.353. The highest BCUT2D eigenvalue weighted by Crippen LogP contribution is 2.44. The van der Waals surface area contributed by atoms with Crippen molar-refractivity contribution in [2.45, 2.75) is 37.3 Å². The Labute approximate surface area is 124 Å². The maximum absolute atomic E-state index is 9.55. The molecule has 2 aromatic rings. The van der Waals surface area contributed by atoms with Crippen molar-refractivity contribution in [2.24, 2.45) is 0 Å². The lowest BCUT2D eigenvalue weighted by atomic mass is 9.62. The molecule has 1 aliphatic carbocycles. The van der Waals surface area contributed by atoms with E-state index in [1.54, 1.807) is 11.3 Å². The second kappa shape index (κ2) is 5.40. The van der Waals surface area contributed by atoms with Gasteiger partial charge in [-0.25, -0.2) is 0 Å². The second-order valence-electron chi connectivity index (χ2n) is 5.57. The third-order valence-corrected chi connectivity index (χ3v) is 5.24. The lowest BCUT2D eigenvalue weighted by Gasteiger charge is -2.44. The number of nitrogens with zero attached hydrogens (tertiary/aromatic N) is 1. The van der Waals surface area contributed by atoms with Gasteiger partial charge in [-0.05, 0) is 36.8 Å². The molecule has 102 valence electrons. The lowest BCUT2D eigenvalue weighted by molar-refractivity contribution is 0.213.